The van der Waals surface area contributed by atoms with E-state index in [4.69, 9.17) is 19.4 Å². The summed E-state index contributed by atoms with van der Waals surface area (Å²) in [6, 6.07) is 12.7. The number of anilines is 2. The lowest BCUT2D eigenvalue weighted by Crippen LogP contribution is -2.45. The maximum Gasteiger partial charge on any atom is 0.509 e. The average molecular weight is 923 g/mol. The molecule has 13 nitrogen and oxygen atoms in total. The van der Waals surface area contributed by atoms with Gasteiger partial charge in [-0.2, -0.15) is 0 Å². The molecule has 2 atom stereocenters. The summed E-state index contributed by atoms with van der Waals surface area (Å²) in [7, 11) is 0. The highest BCUT2D eigenvalue weighted by Crippen LogP contribution is 2.32. The van der Waals surface area contributed by atoms with Crippen molar-refractivity contribution in [3.63, 3.8) is 0 Å². The van der Waals surface area contributed by atoms with E-state index >= 15 is 0 Å². The first-order valence-corrected chi connectivity index (χ1v) is 21.6. The van der Waals surface area contributed by atoms with Crippen molar-refractivity contribution < 1.29 is 14.3 Å². The van der Waals surface area contributed by atoms with Crippen LogP contribution >= 0.6 is 31.9 Å². The maximum atomic E-state index is 13.5. The monoisotopic (exact) mass is 920 g/mol. The normalized spacial score (nSPS) is 17.9. The summed E-state index contributed by atoms with van der Waals surface area (Å²) in [5.41, 5.74) is 2.57. The molecule has 0 amide bonds. The summed E-state index contributed by atoms with van der Waals surface area (Å²) in [5.74, 6) is 1.68. The van der Waals surface area contributed by atoms with Gasteiger partial charge < -0.3 is 29.9 Å². The van der Waals surface area contributed by atoms with Crippen LogP contribution in [0, 0.1) is 0 Å². The molecule has 2 aliphatic rings. The Morgan fingerprint density at radius 1 is 0.655 bits per heavy atom. The van der Waals surface area contributed by atoms with E-state index in [2.05, 4.69) is 114 Å². The molecule has 2 N–H and O–H groups in total. The molecule has 0 radical (unpaired) electrons. The topological polar surface area (TPSA) is 143 Å². The highest BCUT2D eigenvalue weighted by Gasteiger charge is 2.33. The molecule has 0 saturated carbocycles. The van der Waals surface area contributed by atoms with E-state index in [1.54, 1.807) is 12.4 Å². The Morgan fingerprint density at radius 3 is 1.40 bits per heavy atom. The third kappa shape index (κ3) is 12.1. The molecule has 0 spiro atoms. The Labute approximate surface area is 360 Å². The minimum absolute atomic E-state index is 0.0540. The number of hydrogen-bond acceptors (Lipinski definition) is 13. The maximum absolute atomic E-state index is 13.5. The SMILES string of the molecule is CC(C)(C)N[C@@H]1CCN(c2ccc(-c3ncc(Br)cc3CC(C)(C)OC(=O)OC(C)(C)Cc3cc(Br)cnc3-c3ccc(N4CC[C@@H](NC(C)(C)C)C4)nn3)nn2)C1. The zero-order valence-corrected chi connectivity index (χ0v) is 38.7. The number of pyridine rings is 2. The highest BCUT2D eigenvalue weighted by molar-refractivity contribution is 9.10. The summed E-state index contributed by atoms with van der Waals surface area (Å²) < 4.78 is 13.6. The number of rotatable bonds is 12. The predicted molar refractivity (Wildman–Crippen MR) is 236 cm³/mol. The van der Waals surface area contributed by atoms with Crippen LogP contribution in [0.15, 0.2) is 57.7 Å². The van der Waals surface area contributed by atoms with Crippen LogP contribution in [0.1, 0.15) is 93.2 Å². The third-order valence-electron chi connectivity index (χ3n) is 9.90. The second-order valence-corrected chi connectivity index (χ2v) is 20.7. The van der Waals surface area contributed by atoms with E-state index in [0.717, 1.165) is 70.7 Å². The predicted octanol–water partition coefficient (Wildman–Crippen LogP) is 8.34. The molecule has 0 aromatic carbocycles. The summed E-state index contributed by atoms with van der Waals surface area (Å²) in [4.78, 5) is 27.4. The van der Waals surface area contributed by atoms with E-state index in [1.807, 2.05) is 64.1 Å². The molecule has 0 aliphatic carbocycles. The molecule has 2 fully saturated rings. The molecular formula is C43H58Br2N10O3. The number of carbonyl (C=O) groups excluding carboxylic acids is 1. The second kappa shape index (κ2) is 17.4. The molecule has 312 valence electrons. The minimum atomic E-state index is -0.944. The van der Waals surface area contributed by atoms with Crippen LogP contribution in [0.4, 0.5) is 16.4 Å². The van der Waals surface area contributed by atoms with Gasteiger partial charge in [-0.25, -0.2) is 4.79 Å². The van der Waals surface area contributed by atoms with Crippen LogP contribution in [0.2, 0.25) is 0 Å². The van der Waals surface area contributed by atoms with Crippen molar-refractivity contribution in [1.82, 2.24) is 41.0 Å². The zero-order valence-electron chi connectivity index (χ0n) is 35.5. The molecule has 6 rings (SSSR count). The number of nitrogens with one attached hydrogen (secondary N) is 2. The second-order valence-electron chi connectivity index (χ2n) is 18.9. The quantitative estimate of drug-likeness (QED) is 0.132. The first-order chi connectivity index (χ1) is 27.1. The number of aromatic nitrogens is 6. The van der Waals surface area contributed by atoms with Crippen molar-refractivity contribution in [2.75, 3.05) is 36.0 Å². The fourth-order valence-corrected chi connectivity index (χ4v) is 8.55. The van der Waals surface area contributed by atoms with Crippen LogP contribution in [-0.2, 0) is 22.3 Å². The van der Waals surface area contributed by atoms with E-state index in [9.17, 15) is 4.79 Å². The number of ether oxygens (including phenoxy) is 2. The minimum Gasteiger partial charge on any atom is -0.428 e. The van der Waals surface area contributed by atoms with Gasteiger partial charge in [0.2, 0.25) is 0 Å². The molecule has 2 saturated heterocycles. The molecule has 2 aliphatic heterocycles. The fraction of sp³-hybridized carbons (Fsp3) is 0.558. The van der Waals surface area contributed by atoms with Crippen molar-refractivity contribution in [1.29, 1.82) is 0 Å². The summed E-state index contributed by atoms with van der Waals surface area (Å²) >= 11 is 7.15. The molecular weight excluding hydrogens is 864 g/mol. The number of hydrogen-bond donors (Lipinski definition) is 2. The van der Waals surface area contributed by atoms with Crippen molar-refractivity contribution >= 4 is 49.7 Å². The van der Waals surface area contributed by atoms with Gasteiger partial charge in [0, 0.05) is 83.5 Å². The van der Waals surface area contributed by atoms with E-state index in [0.29, 0.717) is 47.7 Å². The van der Waals surface area contributed by atoms with Gasteiger partial charge in [-0.3, -0.25) is 9.97 Å². The summed E-state index contributed by atoms with van der Waals surface area (Å²) in [5, 5.41) is 25.7. The van der Waals surface area contributed by atoms with E-state index < -0.39 is 17.4 Å². The first kappa shape index (κ1) is 43.8. The molecule has 15 heteroatoms. The van der Waals surface area contributed by atoms with Gasteiger partial charge in [-0.15, -0.1) is 20.4 Å². The van der Waals surface area contributed by atoms with Crippen molar-refractivity contribution in [2.24, 2.45) is 0 Å². The molecule has 58 heavy (non-hydrogen) atoms. The lowest BCUT2D eigenvalue weighted by atomic mass is 9.96. The van der Waals surface area contributed by atoms with Gasteiger partial charge in [0.05, 0.1) is 11.4 Å². The largest absolute Gasteiger partial charge is 0.509 e. The van der Waals surface area contributed by atoms with Crippen LogP contribution in [0.5, 0.6) is 0 Å². The summed E-state index contributed by atoms with van der Waals surface area (Å²) in [6.45, 7) is 24.2. The zero-order chi connectivity index (χ0) is 42.0. The van der Waals surface area contributed by atoms with Crippen LogP contribution < -0.4 is 20.4 Å². The van der Waals surface area contributed by atoms with Crippen molar-refractivity contribution in [3.05, 3.63) is 68.9 Å². The van der Waals surface area contributed by atoms with Crippen LogP contribution in [0.3, 0.4) is 0 Å². The Hall–Kier alpha value is -3.79. The fourth-order valence-electron chi connectivity index (χ4n) is 7.79. The van der Waals surface area contributed by atoms with E-state index in [-0.39, 0.29) is 11.1 Å². The number of halogens is 2. The Balaban J connectivity index is 1.09. The number of carbonyl (C=O) groups is 1. The molecule has 6 heterocycles. The Morgan fingerprint density at radius 2 is 1.05 bits per heavy atom. The van der Waals surface area contributed by atoms with E-state index in [1.165, 1.54) is 0 Å². The van der Waals surface area contributed by atoms with Gasteiger partial charge in [-0.05, 0) is 161 Å². The molecule has 4 aromatic rings. The van der Waals surface area contributed by atoms with Gasteiger partial charge in [0.15, 0.2) is 11.6 Å². The average Bonchev–Trinajstić information content (AvgIpc) is 3.76. The Bertz CT molecular complexity index is 1900. The molecule has 0 unspecified atom stereocenters. The van der Waals surface area contributed by atoms with Crippen LogP contribution in [0.25, 0.3) is 22.8 Å². The van der Waals surface area contributed by atoms with Gasteiger partial charge in [-0.1, -0.05) is 0 Å². The first-order valence-electron chi connectivity index (χ1n) is 20.0. The standard InChI is InChI=1S/C43H58Br2N10O3/c1-40(2,3)48-31-15-17-54(25-31)35-13-11-33(50-52-35)37-27(19-29(44)23-46-37)21-42(7,8)57-39(56)58-43(9,10)22-28-20-30(45)24-47-38(28)34-12-14-36(53-51-34)55-18-16-32(26-55)49-41(4,5)6/h11-14,19-20,23-24,31-32,48-49H,15-18,21-22,25-26H2,1-10H3/t31-,32-/m1/s1. The number of nitrogens with zero attached hydrogens (tertiary/aromatic N) is 8. The van der Waals surface area contributed by atoms with Crippen molar-refractivity contribution in [2.45, 2.75) is 129 Å². The lowest BCUT2D eigenvalue weighted by molar-refractivity contribution is -0.0582. The Kier molecular flexibility index (Phi) is 13.2. The van der Waals surface area contributed by atoms with Crippen molar-refractivity contribution in [3.8, 4) is 22.8 Å². The third-order valence-corrected chi connectivity index (χ3v) is 10.8. The molecule has 0 bridgehead atoms. The summed E-state index contributed by atoms with van der Waals surface area (Å²) in [6.07, 6.45) is 5.53. The molecule has 4 aromatic heterocycles. The lowest BCUT2D eigenvalue weighted by Gasteiger charge is -2.30. The van der Waals surface area contributed by atoms with Gasteiger partial charge in [0.25, 0.3) is 0 Å². The van der Waals surface area contributed by atoms with Gasteiger partial charge in [0.1, 0.15) is 22.6 Å². The highest BCUT2D eigenvalue weighted by atomic mass is 79.9. The van der Waals surface area contributed by atoms with Crippen LogP contribution in [-0.4, -0.2) is 97.1 Å². The smallest absolute Gasteiger partial charge is 0.428 e. The van der Waals surface area contributed by atoms with Gasteiger partial charge >= 0.3 is 6.16 Å².